The molecule has 3 aromatic carbocycles. The van der Waals surface area contributed by atoms with Crippen LogP contribution in [0, 0.1) is 0 Å². The highest BCUT2D eigenvalue weighted by Gasteiger charge is 2.47. The summed E-state index contributed by atoms with van der Waals surface area (Å²) in [4.78, 5) is 28.2. The van der Waals surface area contributed by atoms with Crippen LogP contribution in [0.3, 0.4) is 0 Å². The number of Topliss-reactive ketones (excluding diaryl/α,β-unsaturated/α-hetero) is 1. The fourth-order valence-corrected chi connectivity index (χ4v) is 4.47. The Morgan fingerprint density at radius 1 is 1.00 bits per heavy atom. The fraction of sp³-hybridized carbons (Fsp3) is 0.241. The monoisotopic (exact) mass is 521 g/mol. The lowest BCUT2D eigenvalue weighted by molar-refractivity contribution is -0.132. The number of nitrogens with zero attached hydrogens (tertiary/aromatic N) is 1. The molecule has 0 saturated carbocycles. The fourth-order valence-electron chi connectivity index (χ4n) is 4.30. The summed E-state index contributed by atoms with van der Waals surface area (Å²) in [7, 11) is 1.45. The van der Waals surface area contributed by atoms with Crippen molar-refractivity contribution in [3.63, 3.8) is 0 Å². The lowest BCUT2D eigenvalue weighted by Crippen LogP contribution is -2.29. The van der Waals surface area contributed by atoms with Crippen LogP contribution in [-0.4, -0.2) is 36.6 Å². The van der Waals surface area contributed by atoms with E-state index < -0.39 is 17.7 Å². The Bertz CT molecular complexity index is 1330. The van der Waals surface area contributed by atoms with E-state index in [2.05, 4.69) is 0 Å². The van der Waals surface area contributed by atoms with Crippen LogP contribution in [0.2, 0.25) is 5.02 Å². The summed E-state index contributed by atoms with van der Waals surface area (Å²) in [5.74, 6) is -0.362. The lowest BCUT2D eigenvalue weighted by atomic mass is 9.94. The van der Waals surface area contributed by atoms with Gasteiger partial charge in [-0.05, 0) is 80.9 Å². The number of benzene rings is 3. The molecule has 1 aliphatic rings. The third-order valence-electron chi connectivity index (χ3n) is 5.85. The summed E-state index contributed by atoms with van der Waals surface area (Å²) in [6.07, 6.45) is -0.0179. The Hall–Kier alpha value is -3.97. The van der Waals surface area contributed by atoms with E-state index in [1.165, 1.54) is 18.1 Å². The molecule has 1 amide bonds. The Balaban J connectivity index is 1.90. The Morgan fingerprint density at radius 2 is 1.65 bits per heavy atom. The van der Waals surface area contributed by atoms with Crippen molar-refractivity contribution in [2.45, 2.75) is 32.9 Å². The smallest absolute Gasteiger partial charge is 0.300 e. The van der Waals surface area contributed by atoms with E-state index in [0.717, 1.165) is 0 Å². The van der Waals surface area contributed by atoms with E-state index in [0.29, 0.717) is 40.1 Å². The summed E-state index contributed by atoms with van der Waals surface area (Å²) in [5, 5.41) is 11.8. The minimum atomic E-state index is -0.908. The maximum Gasteiger partial charge on any atom is 0.300 e. The molecular weight excluding hydrogens is 494 g/mol. The van der Waals surface area contributed by atoms with Crippen molar-refractivity contribution in [3.8, 4) is 17.2 Å². The average molecular weight is 522 g/mol. The zero-order valence-corrected chi connectivity index (χ0v) is 21.8. The molecule has 1 heterocycles. The van der Waals surface area contributed by atoms with E-state index in [1.54, 1.807) is 60.7 Å². The second-order valence-electron chi connectivity index (χ2n) is 8.68. The van der Waals surface area contributed by atoms with Crippen LogP contribution in [0.5, 0.6) is 17.2 Å². The number of methoxy groups -OCH3 is 1. The molecule has 1 unspecified atom stereocenters. The van der Waals surface area contributed by atoms with Crippen LogP contribution < -0.4 is 19.1 Å². The van der Waals surface area contributed by atoms with E-state index in [-0.39, 0.29) is 23.0 Å². The summed E-state index contributed by atoms with van der Waals surface area (Å²) in [5.41, 5.74) is 1.24. The minimum Gasteiger partial charge on any atom is -0.507 e. The standard InChI is InChI=1S/C29H28ClNO6/c1-5-36-21-13-9-20(10-14-21)31-26(18-6-11-22(12-7-18)37-17(2)3)25(28(33)29(31)34)27(32)23-16-19(30)8-15-24(23)35-4/h6-17,26,32H,5H2,1-4H3/b27-25+. The van der Waals surface area contributed by atoms with Crippen molar-refractivity contribution in [2.24, 2.45) is 0 Å². The summed E-state index contributed by atoms with van der Waals surface area (Å²) < 4.78 is 16.7. The van der Waals surface area contributed by atoms with Crippen LogP contribution in [-0.2, 0) is 9.59 Å². The van der Waals surface area contributed by atoms with Crippen LogP contribution in [0.1, 0.15) is 37.9 Å². The predicted molar refractivity (Wildman–Crippen MR) is 143 cm³/mol. The first-order chi connectivity index (χ1) is 17.7. The van der Waals surface area contributed by atoms with Crippen molar-refractivity contribution >= 4 is 34.7 Å². The molecule has 0 bridgehead atoms. The number of hydrogen-bond acceptors (Lipinski definition) is 6. The third kappa shape index (κ3) is 5.27. The summed E-state index contributed by atoms with van der Waals surface area (Å²) in [6.45, 7) is 6.22. The summed E-state index contributed by atoms with van der Waals surface area (Å²) >= 11 is 6.19. The van der Waals surface area contributed by atoms with Crippen LogP contribution in [0.4, 0.5) is 5.69 Å². The first-order valence-corrected chi connectivity index (χ1v) is 12.3. The second kappa shape index (κ2) is 11.0. The molecule has 0 radical (unpaired) electrons. The number of hydrogen-bond donors (Lipinski definition) is 1. The topological polar surface area (TPSA) is 85.3 Å². The molecule has 0 aliphatic carbocycles. The van der Waals surface area contributed by atoms with Gasteiger partial charge in [-0.3, -0.25) is 14.5 Å². The van der Waals surface area contributed by atoms with Gasteiger partial charge in [0, 0.05) is 10.7 Å². The van der Waals surface area contributed by atoms with Crippen LogP contribution in [0.25, 0.3) is 5.76 Å². The minimum absolute atomic E-state index is 0.0179. The molecule has 1 saturated heterocycles. The average Bonchev–Trinajstić information content (AvgIpc) is 3.14. The van der Waals surface area contributed by atoms with Gasteiger partial charge in [0.05, 0.1) is 37.0 Å². The highest BCUT2D eigenvalue weighted by molar-refractivity contribution is 6.51. The maximum absolute atomic E-state index is 13.4. The highest BCUT2D eigenvalue weighted by atomic mass is 35.5. The van der Waals surface area contributed by atoms with Gasteiger partial charge in [0.25, 0.3) is 11.7 Å². The first-order valence-electron chi connectivity index (χ1n) is 11.9. The normalized spacial score (nSPS) is 16.8. The molecule has 1 N–H and O–H groups in total. The van der Waals surface area contributed by atoms with Gasteiger partial charge >= 0.3 is 0 Å². The molecule has 7 nitrogen and oxygen atoms in total. The Morgan fingerprint density at radius 3 is 2.24 bits per heavy atom. The van der Waals surface area contributed by atoms with E-state index in [9.17, 15) is 14.7 Å². The van der Waals surface area contributed by atoms with Crippen molar-refractivity contribution < 1.29 is 28.9 Å². The van der Waals surface area contributed by atoms with Gasteiger partial charge in [-0.2, -0.15) is 0 Å². The number of halogens is 1. The zero-order chi connectivity index (χ0) is 26.7. The van der Waals surface area contributed by atoms with Gasteiger partial charge in [0.1, 0.15) is 23.0 Å². The molecule has 8 heteroatoms. The van der Waals surface area contributed by atoms with Gasteiger partial charge in [-0.25, -0.2) is 0 Å². The molecule has 3 aromatic rings. The van der Waals surface area contributed by atoms with E-state index in [4.69, 9.17) is 25.8 Å². The Kier molecular flexibility index (Phi) is 7.74. The number of rotatable bonds is 8. The molecule has 1 aliphatic heterocycles. The lowest BCUT2D eigenvalue weighted by Gasteiger charge is -2.26. The molecule has 1 atom stereocenters. The van der Waals surface area contributed by atoms with Gasteiger partial charge in [-0.15, -0.1) is 0 Å². The number of carbonyl (C=O) groups excluding carboxylic acids is 2. The number of aliphatic hydroxyl groups excluding tert-OH is 1. The molecule has 1 fully saturated rings. The summed E-state index contributed by atoms with van der Waals surface area (Å²) in [6, 6.07) is 17.8. The molecular formula is C29H28ClNO6. The number of ether oxygens (including phenoxy) is 3. The largest absolute Gasteiger partial charge is 0.507 e. The molecule has 4 rings (SSSR count). The van der Waals surface area contributed by atoms with E-state index >= 15 is 0 Å². The number of amides is 1. The van der Waals surface area contributed by atoms with Gasteiger partial charge in [0.2, 0.25) is 0 Å². The van der Waals surface area contributed by atoms with Gasteiger partial charge < -0.3 is 19.3 Å². The Labute approximate surface area is 220 Å². The van der Waals surface area contributed by atoms with Gasteiger partial charge in [0.15, 0.2) is 0 Å². The van der Waals surface area contributed by atoms with Crippen LogP contribution in [0.15, 0.2) is 72.3 Å². The predicted octanol–water partition coefficient (Wildman–Crippen LogP) is 6.16. The number of carbonyl (C=O) groups is 2. The molecule has 192 valence electrons. The molecule has 0 spiro atoms. The van der Waals surface area contributed by atoms with Crippen molar-refractivity contribution in [1.29, 1.82) is 0 Å². The number of anilines is 1. The van der Waals surface area contributed by atoms with E-state index in [1.807, 2.05) is 20.8 Å². The third-order valence-corrected chi connectivity index (χ3v) is 6.09. The quantitative estimate of drug-likeness (QED) is 0.217. The zero-order valence-electron chi connectivity index (χ0n) is 21.0. The van der Waals surface area contributed by atoms with Crippen LogP contribution >= 0.6 is 11.6 Å². The van der Waals surface area contributed by atoms with Gasteiger partial charge in [-0.1, -0.05) is 23.7 Å². The van der Waals surface area contributed by atoms with Crippen molar-refractivity contribution in [3.05, 3.63) is 88.5 Å². The molecule has 0 aromatic heterocycles. The first kappa shape index (κ1) is 26.1. The maximum atomic E-state index is 13.4. The van der Waals surface area contributed by atoms with Crippen molar-refractivity contribution in [1.82, 2.24) is 0 Å². The number of aliphatic hydroxyl groups is 1. The number of ketones is 1. The van der Waals surface area contributed by atoms with Crippen molar-refractivity contribution in [2.75, 3.05) is 18.6 Å². The highest BCUT2D eigenvalue weighted by Crippen LogP contribution is 2.44. The SMILES string of the molecule is CCOc1ccc(N2C(=O)C(=O)/C(=C(/O)c3cc(Cl)ccc3OC)C2c2ccc(OC(C)C)cc2)cc1. The molecule has 37 heavy (non-hydrogen) atoms. The second-order valence-corrected chi connectivity index (χ2v) is 9.11.